The first-order valence-electron chi connectivity index (χ1n) is 10.3. The molecule has 10 heteroatoms. The quantitative estimate of drug-likeness (QED) is 0.126. The molecule has 3 aromatic carbocycles. The van der Waals surface area contributed by atoms with E-state index in [0.29, 0.717) is 12.1 Å². The van der Waals surface area contributed by atoms with Crippen molar-refractivity contribution >= 4 is 29.3 Å². The van der Waals surface area contributed by atoms with Crippen molar-refractivity contribution in [2.45, 2.75) is 12.4 Å². The smallest absolute Gasteiger partial charge is 0.322 e. The van der Waals surface area contributed by atoms with Crippen molar-refractivity contribution in [2.24, 2.45) is 0 Å². The summed E-state index contributed by atoms with van der Waals surface area (Å²) in [5, 5.41) is 4.45. The van der Waals surface area contributed by atoms with E-state index in [9.17, 15) is 35.9 Å². The molecule has 0 bridgehead atoms. The molecule has 0 atom stereocenters. The fraction of sp³-hybridized carbons (Fsp3) is 0.0769. The van der Waals surface area contributed by atoms with E-state index in [0.717, 1.165) is 35.9 Å². The summed E-state index contributed by atoms with van der Waals surface area (Å²) in [5.74, 6) is -2.12. The molecule has 4 nitrogen and oxygen atoms in total. The van der Waals surface area contributed by atoms with Crippen LogP contribution in [0.15, 0.2) is 96.6 Å². The molecular weight excluding hydrogens is 486 g/mol. The van der Waals surface area contributed by atoms with Gasteiger partial charge >= 0.3 is 12.4 Å². The van der Waals surface area contributed by atoms with Gasteiger partial charge in [-0.05, 0) is 48.0 Å². The average molecular weight is 504 g/mol. The SMILES string of the molecule is O=C(Nc1cccc(C(F)(F)F)c1)C(=C/C=C/c1ccccc1)C(=O)Nc1cccc(C(F)(F)F)c1. The highest BCUT2D eigenvalue weighted by atomic mass is 19.4. The van der Waals surface area contributed by atoms with Gasteiger partial charge in [0.25, 0.3) is 11.8 Å². The highest BCUT2D eigenvalue weighted by molar-refractivity contribution is 6.26. The number of halogens is 6. The van der Waals surface area contributed by atoms with Gasteiger partial charge in [0, 0.05) is 11.4 Å². The molecule has 2 amide bonds. The lowest BCUT2D eigenvalue weighted by Crippen LogP contribution is -2.25. The van der Waals surface area contributed by atoms with E-state index in [1.807, 2.05) is 0 Å². The van der Waals surface area contributed by atoms with Crippen LogP contribution in [0, 0.1) is 0 Å². The summed E-state index contributed by atoms with van der Waals surface area (Å²) in [6.07, 6.45) is -5.27. The van der Waals surface area contributed by atoms with Gasteiger partial charge in [0.2, 0.25) is 0 Å². The largest absolute Gasteiger partial charge is 0.416 e. The van der Waals surface area contributed by atoms with Crippen molar-refractivity contribution in [1.82, 2.24) is 0 Å². The minimum Gasteiger partial charge on any atom is -0.322 e. The minimum absolute atomic E-state index is 0.223. The van der Waals surface area contributed by atoms with Crippen LogP contribution in [-0.2, 0) is 21.9 Å². The number of benzene rings is 3. The Morgan fingerprint density at radius 1 is 0.639 bits per heavy atom. The number of hydrogen-bond acceptors (Lipinski definition) is 2. The monoisotopic (exact) mass is 504 g/mol. The predicted octanol–water partition coefficient (Wildman–Crippen LogP) is 6.94. The molecule has 3 aromatic rings. The van der Waals surface area contributed by atoms with Crippen LogP contribution in [0.3, 0.4) is 0 Å². The van der Waals surface area contributed by atoms with E-state index in [1.165, 1.54) is 18.2 Å². The summed E-state index contributed by atoms with van der Waals surface area (Å²) in [6, 6.07) is 16.4. The number of carbonyl (C=O) groups is 2. The molecule has 186 valence electrons. The normalized spacial score (nSPS) is 11.7. The number of carbonyl (C=O) groups excluding carboxylic acids is 2. The number of rotatable bonds is 6. The Labute approximate surface area is 202 Å². The second-order valence-corrected chi connectivity index (χ2v) is 7.42. The maximum Gasteiger partial charge on any atom is 0.416 e. The minimum atomic E-state index is -4.65. The molecule has 3 rings (SSSR count). The first-order valence-corrected chi connectivity index (χ1v) is 10.3. The molecule has 0 aliphatic heterocycles. The Morgan fingerprint density at radius 2 is 1.11 bits per heavy atom. The van der Waals surface area contributed by atoms with Gasteiger partial charge in [-0.15, -0.1) is 0 Å². The first-order chi connectivity index (χ1) is 16.9. The Morgan fingerprint density at radius 3 is 1.56 bits per heavy atom. The van der Waals surface area contributed by atoms with Gasteiger partial charge in [0.15, 0.2) is 0 Å². The lowest BCUT2D eigenvalue weighted by Gasteiger charge is -2.13. The van der Waals surface area contributed by atoms with Crippen molar-refractivity contribution in [3.63, 3.8) is 0 Å². The van der Waals surface area contributed by atoms with Gasteiger partial charge in [-0.3, -0.25) is 9.59 Å². The van der Waals surface area contributed by atoms with E-state index >= 15 is 0 Å². The van der Waals surface area contributed by atoms with Gasteiger partial charge in [-0.2, -0.15) is 26.3 Å². The summed E-state index contributed by atoms with van der Waals surface area (Å²) < 4.78 is 78.0. The zero-order valence-electron chi connectivity index (χ0n) is 18.3. The fourth-order valence-electron chi connectivity index (χ4n) is 3.02. The second-order valence-electron chi connectivity index (χ2n) is 7.42. The third-order valence-corrected chi connectivity index (χ3v) is 4.74. The van der Waals surface area contributed by atoms with Gasteiger partial charge in [-0.1, -0.05) is 54.6 Å². The number of anilines is 2. The van der Waals surface area contributed by atoms with Crippen LogP contribution in [-0.4, -0.2) is 11.8 Å². The van der Waals surface area contributed by atoms with Crippen molar-refractivity contribution in [2.75, 3.05) is 10.6 Å². The van der Waals surface area contributed by atoms with Crippen LogP contribution in [0.5, 0.6) is 0 Å². The number of alkyl halides is 6. The first kappa shape index (κ1) is 26.3. The predicted molar refractivity (Wildman–Crippen MR) is 124 cm³/mol. The van der Waals surface area contributed by atoms with Crippen LogP contribution >= 0.6 is 0 Å². The van der Waals surface area contributed by atoms with Crippen molar-refractivity contribution in [1.29, 1.82) is 0 Å². The van der Waals surface area contributed by atoms with Crippen molar-refractivity contribution in [3.05, 3.63) is 113 Å². The Balaban J connectivity index is 1.89. The standard InChI is InChI=1S/C26H18F6N2O2/c27-25(28,29)18-10-5-12-20(15-18)33-23(35)22(14-4-9-17-7-2-1-3-8-17)24(36)34-21-13-6-11-19(16-21)26(30,31)32/h1-16H,(H,33,35)(H,34,36)/b9-4+. The topological polar surface area (TPSA) is 58.2 Å². The number of nitrogens with one attached hydrogen (secondary N) is 2. The van der Waals surface area contributed by atoms with Gasteiger partial charge in [0.05, 0.1) is 11.1 Å². The lowest BCUT2D eigenvalue weighted by atomic mass is 10.1. The van der Waals surface area contributed by atoms with Crippen LogP contribution in [0.1, 0.15) is 16.7 Å². The van der Waals surface area contributed by atoms with Gasteiger partial charge in [-0.25, -0.2) is 0 Å². The zero-order valence-corrected chi connectivity index (χ0v) is 18.3. The maximum atomic E-state index is 13.0. The average Bonchev–Trinajstić information content (AvgIpc) is 2.81. The van der Waals surface area contributed by atoms with Crippen LogP contribution in [0.4, 0.5) is 37.7 Å². The molecule has 0 aliphatic rings. The van der Waals surface area contributed by atoms with E-state index in [1.54, 1.807) is 36.4 Å². The molecule has 36 heavy (non-hydrogen) atoms. The van der Waals surface area contributed by atoms with E-state index in [2.05, 4.69) is 10.6 Å². The summed E-state index contributed by atoms with van der Waals surface area (Å²) in [6.45, 7) is 0. The molecule has 0 aliphatic carbocycles. The number of allylic oxidation sites excluding steroid dienone is 2. The van der Waals surface area contributed by atoms with E-state index in [4.69, 9.17) is 0 Å². The summed E-state index contributed by atoms with van der Waals surface area (Å²) in [7, 11) is 0. The van der Waals surface area contributed by atoms with Gasteiger partial charge in [0.1, 0.15) is 5.57 Å². The third-order valence-electron chi connectivity index (χ3n) is 4.74. The summed E-state index contributed by atoms with van der Waals surface area (Å²) in [4.78, 5) is 25.7. The molecule has 0 fully saturated rings. The van der Waals surface area contributed by atoms with Crippen LogP contribution in [0.2, 0.25) is 0 Å². The fourth-order valence-corrected chi connectivity index (χ4v) is 3.02. The van der Waals surface area contributed by atoms with E-state index in [-0.39, 0.29) is 11.4 Å². The highest BCUT2D eigenvalue weighted by Gasteiger charge is 2.31. The molecule has 2 N–H and O–H groups in total. The van der Waals surface area contributed by atoms with Crippen molar-refractivity contribution < 1.29 is 35.9 Å². The van der Waals surface area contributed by atoms with Crippen molar-refractivity contribution in [3.8, 4) is 0 Å². The van der Waals surface area contributed by atoms with Crippen LogP contribution < -0.4 is 10.6 Å². The molecule has 0 radical (unpaired) electrons. The molecule has 0 unspecified atom stereocenters. The Hall–Kier alpha value is -4.34. The third kappa shape index (κ3) is 7.33. The number of amides is 2. The highest BCUT2D eigenvalue weighted by Crippen LogP contribution is 2.32. The van der Waals surface area contributed by atoms with Crippen LogP contribution in [0.25, 0.3) is 6.08 Å². The molecular formula is C26H18F6N2O2. The zero-order chi connectivity index (χ0) is 26.3. The Kier molecular flexibility index (Phi) is 7.98. The second kappa shape index (κ2) is 10.9. The van der Waals surface area contributed by atoms with E-state index < -0.39 is 40.9 Å². The summed E-state index contributed by atoms with van der Waals surface area (Å²) >= 11 is 0. The molecule has 0 heterocycles. The van der Waals surface area contributed by atoms with Gasteiger partial charge < -0.3 is 10.6 Å². The molecule has 0 aromatic heterocycles. The molecule has 0 spiro atoms. The molecule has 0 saturated heterocycles. The summed E-state index contributed by atoms with van der Waals surface area (Å²) in [5.41, 5.74) is -2.28. The lowest BCUT2D eigenvalue weighted by molar-refractivity contribution is -0.138. The Bertz CT molecular complexity index is 1220. The number of hydrogen-bond donors (Lipinski definition) is 2. The molecule has 0 saturated carbocycles. The maximum absolute atomic E-state index is 13.0.